The standard InChI is InChI=1S/C18H25FN2O/c1-13-6-7-16(10-17(13)19)20-18(22)12-21-9-8-14-4-2-3-5-15(14)11-21/h6-7,10,14-15H,2-5,8-9,11-12H2,1H3,(H,20,22)/t14-,15+/m0/s1. The molecule has 0 unspecified atom stereocenters. The number of piperidine rings is 1. The fourth-order valence-electron chi connectivity index (χ4n) is 3.89. The van der Waals surface area contributed by atoms with Gasteiger partial charge in [-0.05, 0) is 55.8 Å². The summed E-state index contributed by atoms with van der Waals surface area (Å²) in [5, 5.41) is 2.81. The van der Waals surface area contributed by atoms with E-state index in [-0.39, 0.29) is 11.7 Å². The van der Waals surface area contributed by atoms with E-state index in [1.807, 2.05) is 0 Å². The van der Waals surface area contributed by atoms with Crippen LogP contribution in [0.3, 0.4) is 0 Å². The van der Waals surface area contributed by atoms with Crippen molar-refractivity contribution >= 4 is 11.6 Å². The molecule has 0 bridgehead atoms. The Balaban J connectivity index is 1.52. The number of carbonyl (C=O) groups excluding carboxylic acids is 1. The van der Waals surface area contributed by atoms with Crippen molar-refractivity contribution in [2.45, 2.75) is 39.0 Å². The van der Waals surface area contributed by atoms with Crippen LogP contribution in [0.25, 0.3) is 0 Å². The molecule has 1 aromatic rings. The zero-order valence-corrected chi connectivity index (χ0v) is 13.3. The lowest BCUT2D eigenvalue weighted by molar-refractivity contribution is -0.118. The van der Waals surface area contributed by atoms with Crippen molar-refractivity contribution in [3.05, 3.63) is 29.6 Å². The van der Waals surface area contributed by atoms with Gasteiger partial charge in [-0.2, -0.15) is 0 Å². The summed E-state index contributed by atoms with van der Waals surface area (Å²) in [6.07, 6.45) is 6.61. The fraction of sp³-hybridized carbons (Fsp3) is 0.611. The fourth-order valence-corrected chi connectivity index (χ4v) is 3.89. The number of benzene rings is 1. The maximum atomic E-state index is 13.5. The molecule has 1 aliphatic heterocycles. The first-order chi connectivity index (χ1) is 10.6. The first-order valence-corrected chi connectivity index (χ1v) is 8.40. The Bertz CT molecular complexity index is 546. The van der Waals surface area contributed by atoms with Gasteiger partial charge in [0.25, 0.3) is 0 Å². The van der Waals surface area contributed by atoms with Gasteiger partial charge in [-0.1, -0.05) is 25.3 Å². The average molecular weight is 304 g/mol. The molecule has 1 aromatic carbocycles. The Morgan fingerprint density at radius 1 is 1.27 bits per heavy atom. The highest BCUT2D eigenvalue weighted by Crippen LogP contribution is 2.35. The number of rotatable bonds is 3. The summed E-state index contributed by atoms with van der Waals surface area (Å²) < 4.78 is 13.5. The molecule has 2 aliphatic rings. The van der Waals surface area contributed by atoms with E-state index in [1.165, 1.54) is 38.2 Å². The van der Waals surface area contributed by atoms with Crippen molar-refractivity contribution < 1.29 is 9.18 Å². The van der Waals surface area contributed by atoms with Crippen molar-refractivity contribution in [3.8, 4) is 0 Å². The summed E-state index contributed by atoms with van der Waals surface area (Å²) >= 11 is 0. The summed E-state index contributed by atoms with van der Waals surface area (Å²) in [5.41, 5.74) is 1.14. The zero-order valence-electron chi connectivity index (χ0n) is 13.3. The van der Waals surface area contributed by atoms with E-state index < -0.39 is 0 Å². The summed E-state index contributed by atoms with van der Waals surface area (Å²) in [4.78, 5) is 14.4. The van der Waals surface area contributed by atoms with Gasteiger partial charge in [0.2, 0.25) is 5.91 Å². The van der Waals surface area contributed by atoms with Crippen molar-refractivity contribution in [2.75, 3.05) is 25.0 Å². The van der Waals surface area contributed by atoms with Crippen LogP contribution in [0.2, 0.25) is 0 Å². The van der Waals surface area contributed by atoms with Crippen molar-refractivity contribution in [2.24, 2.45) is 11.8 Å². The third-order valence-electron chi connectivity index (χ3n) is 5.20. The van der Waals surface area contributed by atoms with Crippen LogP contribution in [-0.2, 0) is 4.79 Å². The minimum Gasteiger partial charge on any atom is -0.325 e. The predicted molar refractivity (Wildman–Crippen MR) is 86.3 cm³/mol. The average Bonchev–Trinajstić information content (AvgIpc) is 2.51. The van der Waals surface area contributed by atoms with Gasteiger partial charge in [-0.15, -0.1) is 0 Å². The van der Waals surface area contributed by atoms with Gasteiger partial charge in [-0.3, -0.25) is 9.69 Å². The second-order valence-corrected chi connectivity index (χ2v) is 6.84. The van der Waals surface area contributed by atoms with E-state index in [4.69, 9.17) is 0 Å². The number of anilines is 1. The number of fused-ring (bicyclic) bond motifs is 1. The number of hydrogen-bond acceptors (Lipinski definition) is 2. The topological polar surface area (TPSA) is 32.3 Å². The largest absolute Gasteiger partial charge is 0.325 e. The summed E-state index contributed by atoms with van der Waals surface area (Å²) in [7, 11) is 0. The molecule has 2 fully saturated rings. The van der Waals surface area contributed by atoms with Crippen LogP contribution in [0.4, 0.5) is 10.1 Å². The van der Waals surface area contributed by atoms with Gasteiger partial charge in [0.15, 0.2) is 0 Å². The van der Waals surface area contributed by atoms with Crippen molar-refractivity contribution in [1.82, 2.24) is 4.90 Å². The number of aryl methyl sites for hydroxylation is 1. The molecule has 120 valence electrons. The van der Waals surface area contributed by atoms with Gasteiger partial charge in [-0.25, -0.2) is 4.39 Å². The first kappa shape index (κ1) is 15.5. The Morgan fingerprint density at radius 2 is 2.05 bits per heavy atom. The summed E-state index contributed by atoms with van der Waals surface area (Å²) in [6, 6.07) is 4.84. The monoisotopic (exact) mass is 304 g/mol. The van der Waals surface area contributed by atoms with Crippen LogP contribution in [0.1, 0.15) is 37.7 Å². The van der Waals surface area contributed by atoms with Crippen molar-refractivity contribution in [1.29, 1.82) is 0 Å². The number of halogens is 1. The first-order valence-electron chi connectivity index (χ1n) is 8.40. The maximum absolute atomic E-state index is 13.5. The highest BCUT2D eigenvalue weighted by atomic mass is 19.1. The third kappa shape index (κ3) is 3.67. The highest BCUT2D eigenvalue weighted by Gasteiger charge is 2.31. The Hall–Kier alpha value is -1.42. The number of nitrogens with one attached hydrogen (secondary N) is 1. The molecule has 0 spiro atoms. The summed E-state index contributed by atoms with van der Waals surface area (Å²) in [5.74, 6) is 1.32. The van der Waals surface area contributed by atoms with E-state index in [1.54, 1.807) is 19.1 Å². The van der Waals surface area contributed by atoms with Gasteiger partial charge >= 0.3 is 0 Å². The van der Waals surface area contributed by atoms with E-state index >= 15 is 0 Å². The van der Waals surface area contributed by atoms with E-state index in [0.717, 1.165) is 24.9 Å². The molecule has 4 heteroatoms. The van der Waals surface area contributed by atoms with Gasteiger partial charge in [0.1, 0.15) is 5.82 Å². The van der Waals surface area contributed by atoms with Gasteiger partial charge in [0, 0.05) is 12.2 Å². The van der Waals surface area contributed by atoms with Crippen LogP contribution < -0.4 is 5.32 Å². The molecule has 0 aromatic heterocycles. The molecule has 1 N–H and O–H groups in total. The third-order valence-corrected chi connectivity index (χ3v) is 5.20. The van der Waals surface area contributed by atoms with Crippen LogP contribution in [0, 0.1) is 24.6 Å². The van der Waals surface area contributed by atoms with Crippen molar-refractivity contribution in [3.63, 3.8) is 0 Å². The molecular formula is C18H25FN2O. The SMILES string of the molecule is Cc1ccc(NC(=O)CN2CC[C@@H]3CCCC[C@@H]3C2)cc1F. The lowest BCUT2D eigenvalue weighted by atomic mass is 9.75. The molecule has 0 radical (unpaired) electrons. The zero-order chi connectivity index (χ0) is 15.5. The number of carbonyl (C=O) groups is 1. The highest BCUT2D eigenvalue weighted by molar-refractivity contribution is 5.92. The lowest BCUT2D eigenvalue weighted by Crippen LogP contribution is -2.44. The maximum Gasteiger partial charge on any atom is 0.238 e. The minimum absolute atomic E-state index is 0.0440. The predicted octanol–water partition coefficient (Wildman–Crippen LogP) is 3.58. The van der Waals surface area contributed by atoms with Crippen LogP contribution in [-0.4, -0.2) is 30.4 Å². The van der Waals surface area contributed by atoms with E-state index in [9.17, 15) is 9.18 Å². The molecule has 1 heterocycles. The smallest absolute Gasteiger partial charge is 0.238 e. The van der Waals surface area contributed by atoms with Gasteiger partial charge in [0.05, 0.1) is 6.54 Å². The molecule has 3 rings (SSSR count). The normalized spacial score (nSPS) is 25.5. The number of nitrogens with zero attached hydrogens (tertiary/aromatic N) is 1. The quantitative estimate of drug-likeness (QED) is 0.925. The molecule has 22 heavy (non-hydrogen) atoms. The number of amides is 1. The number of hydrogen-bond donors (Lipinski definition) is 1. The molecular weight excluding hydrogens is 279 g/mol. The second-order valence-electron chi connectivity index (χ2n) is 6.84. The number of likely N-dealkylation sites (tertiary alicyclic amines) is 1. The second kappa shape index (κ2) is 6.78. The Kier molecular flexibility index (Phi) is 4.77. The Labute approximate surface area is 131 Å². The molecule has 1 amide bonds. The Morgan fingerprint density at radius 3 is 2.82 bits per heavy atom. The van der Waals surface area contributed by atoms with Crippen LogP contribution in [0.15, 0.2) is 18.2 Å². The molecule has 3 nitrogen and oxygen atoms in total. The van der Waals surface area contributed by atoms with Gasteiger partial charge < -0.3 is 5.32 Å². The van der Waals surface area contributed by atoms with Crippen LogP contribution >= 0.6 is 0 Å². The lowest BCUT2D eigenvalue weighted by Gasteiger charge is -2.41. The molecule has 1 aliphatic carbocycles. The van der Waals surface area contributed by atoms with E-state index in [0.29, 0.717) is 17.8 Å². The minimum atomic E-state index is -0.277. The molecule has 1 saturated carbocycles. The molecule has 2 atom stereocenters. The van der Waals surface area contributed by atoms with E-state index in [2.05, 4.69) is 10.2 Å². The van der Waals surface area contributed by atoms with Crippen LogP contribution in [0.5, 0.6) is 0 Å². The summed E-state index contributed by atoms with van der Waals surface area (Å²) in [6.45, 7) is 4.19. The molecule has 1 saturated heterocycles.